The van der Waals surface area contributed by atoms with Gasteiger partial charge in [-0.05, 0) is 25.7 Å². The highest BCUT2D eigenvalue weighted by Gasteiger charge is 2.24. The third kappa shape index (κ3) is 4.42. The quantitative estimate of drug-likeness (QED) is 0.508. The van der Waals surface area contributed by atoms with Crippen LogP contribution in [0.4, 0.5) is 0 Å². The van der Waals surface area contributed by atoms with Gasteiger partial charge in [0.05, 0.1) is 0 Å². The van der Waals surface area contributed by atoms with Crippen LogP contribution in [0.5, 0.6) is 0 Å². The fraction of sp³-hybridized carbons (Fsp3) is 0.917. The fourth-order valence-electron chi connectivity index (χ4n) is 2.11. The van der Waals surface area contributed by atoms with Gasteiger partial charge >= 0.3 is 0 Å². The molecule has 1 aliphatic heterocycles. The molecule has 0 saturated carbocycles. The zero-order valence-corrected chi connectivity index (χ0v) is 10.4. The van der Waals surface area contributed by atoms with Crippen molar-refractivity contribution in [1.29, 1.82) is 0 Å². The molecule has 1 heterocycles. The lowest BCUT2D eigenvalue weighted by atomic mass is 9.99. The van der Waals surface area contributed by atoms with Crippen molar-refractivity contribution < 1.29 is 4.79 Å². The van der Waals surface area contributed by atoms with Gasteiger partial charge in [-0.3, -0.25) is 4.79 Å². The van der Waals surface area contributed by atoms with Crippen molar-refractivity contribution in [2.45, 2.75) is 45.4 Å². The maximum absolute atomic E-state index is 11.8. The van der Waals surface area contributed by atoms with Crippen LogP contribution in [0.3, 0.4) is 0 Å². The Morgan fingerprint density at radius 1 is 1.33 bits per heavy atom. The highest BCUT2D eigenvalue weighted by atomic mass is 35.5. The molecule has 0 aromatic heterocycles. The summed E-state index contributed by atoms with van der Waals surface area (Å²) < 4.78 is 0. The molecule has 1 saturated heterocycles. The Hall–Kier alpha value is -0.240. The van der Waals surface area contributed by atoms with E-state index in [1.165, 1.54) is 19.3 Å². The highest BCUT2D eigenvalue weighted by Crippen LogP contribution is 2.17. The zero-order valence-electron chi connectivity index (χ0n) is 9.67. The molecule has 0 spiro atoms. The van der Waals surface area contributed by atoms with E-state index >= 15 is 0 Å². The molecule has 0 aromatic carbocycles. The maximum Gasteiger partial charge on any atom is 0.225 e. The van der Waals surface area contributed by atoms with Crippen LogP contribution in [0.25, 0.3) is 0 Å². The van der Waals surface area contributed by atoms with E-state index in [9.17, 15) is 4.79 Å². The Morgan fingerprint density at radius 3 is 2.80 bits per heavy atom. The van der Waals surface area contributed by atoms with E-state index in [0.29, 0.717) is 5.91 Å². The Kier molecular flexibility index (Phi) is 6.07. The summed E-state index contributed by atoms with van der Waals surface area (Å²) in [5.74, 6) is 1.37. The lowest BCUT2D eigenvalue weighted by molar-refractivity contribution is -0.137. The van der Waals surface area contributed by atoms with Gasteiger partial charge in [0.1, 0.15) is 0 Å². The molecule has 0 aromatic rings. The van der Waals surface area contributed by atoms with Gasteiger partial charge < -0.3 is 4.90 Å². The van der Waals surface area contributed by atoms with E-state index in [1.54, 1.807) is 0 Å². The molecule has 1 atom stereocenters. The summed E-state index contributed by atoms with van der Waals surface area (Å²) in [6.07, 6.45) is 6.88. The molecule has 1 fully saturated rings. The minimum Gasteiger partial charge on any atom is -0.342 e. The molecule has 0 bridgehead atoms. The van der Waals surface area contributed by atoms with Crippen LogP contribution in [0.15, 0.2) is 0 Å². The topological polar surface area (TPSA) is 20.3 Å². The fourth-order valence-corrected chi connectivity index (χ4v) is 2.30. The third-order valence-corrected chi connectivity index (χ3v) is 3.38. The number of rotatable bonds is 6. The van der Waals surface area contributed by atoms with Gasteiger partial charge in [0.25, 0.3) is 0 Å². The van der Waals surface area contributed by atoms with Crippen LogP contribution in [-0.2, 0) is 4.79 Å². The van der Waals surface area contributed by atoms with Crippen LogP contribution in [0.2, 0.25) is 0 Å². The first kappa shape index (κ1) is 12.8. The van der Waals surface area contributed by atoms with Crippen molar-refractivity contribution >= 4 is 17.5 Å². The molecule has 15 heavy (non-hydrogen) atoms. The van der Waals surface area contributed by atoms with Crippen molar-refractivity contribution in [3.05, 3.63) is 0 Å². The standard InChI is InChI=1S/C12H22ClNO/c1-11-7-6-10-14(12(11)15)9-5-3-2-4-8-13/h11H,2-10H2,1H3. The number of likely N-dealkylation sites (tertiary alicyclic amines) is 1. The molecular formula is C12H22ClNO. The molecule has 0 N–H and O–H groups in total. The Bertz CT molecular complexity index is 196. The molecule has 1 rings (SSSR count). The van der Waals surface area contributed by atoms with Gasteiger partial charge in [0, 0.05) is 24.9 Å². The van der Waals surface area contributed by atoms with E-state index in [2.05, 4.69) is 0 Å². The first-order valence-electron chi connectivity index (χ1n) is 6.10. The second-order valence-corrected chi connectivity index (χ2v) is 4.85. The van der Waals surface area contributed by atoms with E-state index in [0.717, 1.165) is 38.2 Å². The van der Waals surface area contributed by atoms with Gasteiger partial charge in [-0.1, -0.05) is 19.8 Å². The number of alkyl halides is 1. The minimum atomic E-state index is 0.251. The second kappa shape index (κ2) is 7.10. The first-order chi connectivity index (χ1) is 7.25. The summed E-state index contributed by atoms with van der Waals surface area (Å²) in [7, 11) is 0. The summed E-state index contributed by atoms with van der Waals surface area (Å²) in [4.78, 5) is 13.8. The van der Waals surface area contributed by atoms with Gasteiger partial charge in [0.15, 0.2) is 0 Å². The molecule has 1 unspecified atom stereocenters. The smallest absolute Gasteiger partial charge is 0.225 e. The van der Waals surface area contributed by atoms with Crippen LogP contribution >= 0.6 is 11.6 Å². The van der Waals surface area contributed by atoms with Crippen LogP contribution < -0.4 is 0 Å². The summed E-state index contributed by atoms with van der Waals surface area (Å²) >= 11 is 5.61. The molecule has 2 nitrogen and oxygen atoms in total. The molecule has 1 amide bonds. The number of hydrogen-bond acceptors (Lipinski definition) is 1. The zero-order chi connectivity index (χ0) is 11.1. The van der Waals surface area contributed by atoms with E-state index < -0.39 is 0 Å². The Morgan fingerprint density at radius 2 is 2.07 bits per heavy atom. The second-order valence-electron chi connectivity index (χ2n) is 4.47. The van der Waals surface area contributed by atoms with Crippen LogP contribution in [0, 0.1) is 5.92 Å². The number of carbonyl (C=O) groups is 1. The molecular weight excluding hydrogens is 210 g/mol. The number of nitrogens with zero attached hydrogens (tertiary/aromatic N) is 1. The van der Waals surface area contributed by atoms with E-state index in [-0.39, 0.29) is 5.92 Å². The predicted octanol–water partition coefficient (Wildman–Crippen LogP) is 3.04. The number of unbranched alkanes of at least 4 members (excludes halogenated alkanes) is 3. The first-order valence-corrected chi connectivity index (χ1v) is 6.64. The van der Waals surface area contributed by atoms with Gasteiger partial charge in [-0.15, -0.1) is 11.6 Å². The number of amides is 1. The highest BCUT2D eigenvalue weighted by molar-refractivity contribution is 6.17. The van der Waals surface area contributed by atoms with Crippen LogP contribution in [0.1, 0.15) is 45.4 Å². The summed E-state index contributed by atoms with van der Waals surface area (Å²) in [5, 5.41) is 0. The van der Waals surface area contributed by atoms with Crippen LogP contribution in [-0.4, -0.2) is 29.8 Å². The van der Waals surface area contributed by atoms with Gasteiger partial charge in [0.2, 0.25) is 5.91 Å². The van der Waals surface area contributed by atoms with Crippen molar-refractivity contribution in [1.82, 2.24) is 4.90 Å². The maximum atomic E-state index is 11.8. The van der Waals surface area contributed by atoms with Crippen molar-refractivity contribution in [3.63, 3.8) is 0 Å². The molecule has 88 valence electrons. The SMILES string of the molecule is CC1CCCN(CCCCCCCl)C1=O. The van der Waals surface area contributed by atoms with Gasteiger partial charge in [-0.2, -0.15) is 0 Å². The average Bonchev–Trinajstić information content (AvgIpc) is 2.24. The van der Waals surface area contributed by atoms with Crippen molar-refractivity contribution in [3.8, 4) is 0 Å². The molecule has 0 aliphatic carbocycles. The normalized spacial score (nSPS) is 22.1. The Balaban J connectivity index is 2.12. The lowest BCUT2D eigenvalue weighted by Gasteiger charge is -2.30. The largest absolute Gasteiger partial charge is 0.342 e. The number of hydrogen-bond donors (Lipinski definition) is 0. The van der Waals surface area contributed by atoms with E-state index in [4.69, 9.17) is 11.6 Å². The monoisotopic (exact) mass is 231 g/mol. The summed E-state index contributed by atoms with van der Waals surface area (Å²) in [5.41, 5.74) is 0. The Labute approximate surface area is 98.0 Å². The number of carbonyl (C=O) groups excluding carboxylic acids is 1. The summed E-state index contributed by atoms with van der Waals surface area (Å²) in [6.45, 7) is 3.96. The molecule has 1 aliphatic rings. The summed E-state index contributed by atoms with van der Waals surface area (Å²) in [6, 6.07) is 0. The van der Waals surface area contributed by atoms with Crippen molar-refractivity contribution in [2.75, 3.05) is 19.0 Å². The number of halogens is 1. The molecule has 3 heteroatoms. The molecule has 0 radical (unpaired) electrons. The lowest BCUT2D eigenvalue weighted by Crippen LogP contribution is -2.40. The minimum absolute atomic E-state index is 0.251. The van der Waals surface area contributed by atoms with Crippen molar-refractivity contribution in [2.24, 2.45) is 5.92 Å². The predicted molar refractivity (Wildman–Crippen MR) is 64.2 cm³/mol. The average molecular weight is 232 g/mol. The number of piperidine rings is 1. The van der Waals surface area contributed by atoms with Gasteiger partial charge in [-0.25, -0.2) is 0 Å². The third-order valence-electron chi connectivity index (χ3n) is 3.11. The van der Waals surface area contributed by atoms with E-state index in [1.807, 2.05) is 11.8 Å².